The number of nitrogens with one attached hydrogen (secondary N) is 2. The van der Waals surface area contributed by atoms with Gasteiger partial charge in [0.25, 0.3) is 0 Å². The standard InChI is InChI=1S/C14H15N5/c1-9-10(8-18-19-9)7-17-13-5-6-16-14-11(13)3-2-4-12(14)15/h2-6,8H,7,15H2,1H3,(H,16,17)(H,18,19). The Hall–Kier alpha value is -2.56. The van der Waals surface area contributed by atoms with E-state index in [0.29, 0.717) is 5.69 Å². The molecule has 0 amide bonds. The van der Waals surface area contributed by atoms with Crippen LogP contribution in [-0.2, 0) is 6.54 Å². The van der Waals surface area contributed by atoms with Gasteiger partial charge < -0.3 is 11.1 Å². The molecular weight excluding hydrogens is 238 g/mol. The van der Waals surface area contributed by atoms with E-state index in [2.05, 4.69) is 20.5 Å². The van der Waals surface area contributed by atoms with E-state index in [1.54, 1.807) is 6.20 Å². The number of anilines is 2. The van der Waals surface area contributed by atoms with Crippen LogP contribution in [0.4, 0.5) is 11.4 Å². The molecule has 1 aromatic carbocycles. The summed E-state index contributed by atoms with van der Waals surface area (Å²) in [7, 11) is 0. The molecule has 3 rings (SSSR count). The van der Waals surface area contributed by atoms with Crippen molar-refractivity contribution in [2.75, 3.05) is 11.1 Å². The Labute approximate surface area is 110 Å². The Morgan fingerprint density at radius 1 is 1.32 bits per heavy atom. The lowest BCUT2D eigenvalue weighted by atomic mass is 10.1. The highest BCUT2D eigenvalue weighted by Crippen LogP contribution is 2.25. The first-order chi connectivity index (χ1) is 9.25. The zero-order valence-electron chi connectivity index (χ0n) is 10.6. The molecule has 0 unspecified atom stereocenters. The van der Waals surface area contributed by atoms with Crippen molar-refractivity contribution in [1.29, 1.82) is 0 Å². The number of nitrogens with zero attached hydrogens (tertiary/aromatic N) is 2. The molecule has 0 fully saturated rings. The largest absolute Gasteiger partial charge is 0.397 e. The van der Waals surface area contributed by atoms with Crippen LogP contribution in [0.5, 0.6) is 0 Å². The Balaban J connectivity index is 1.93. The Bertz CT molecular complexity index is 717. The first-order valence-electron chi connectivity index (χ1n) is 6.11. The van der Waals surface area contributed by atoms with Gasteiger partial charge in [0.05, 0.1) is 17.4 Å². The molecule has 0 saturated carbocycles. The summed E-state index contributed by atoms with van der Waals surface area (Å²) in [6, 6.07) is 7.77. The molecular formula is C14H15N5. The summed E-state index contributed by atoms with van der Waals surface area (Å²) in [5, 5.41) is 11.4. The van der Waals surface area contributed by atoms with Crippen LogP contribution in [0.25, 0.3) is 10.9 Å². The molecule has 4 N–H and O–H groups in total. The molecule has 5 heteroatoms. The molecule has 0 spiro atoms. The van der Waals surface area contributed by atoms with Gasteiger partial charge >= 0.3 is 0 Å². The fraction of sp³-hybridized carbons (Fsp3) is 0.143. The highest BCUT2D eigenvalue weighted by molar-refractivity contribution is 5.97. The van der Waals surface area contributed by atoms with E-state index < -0.39 is 0 Å². The summed E-state index contributed by atoms with van der Waals surface area (Å²) in [6.45, 7) is 2.73. The molecule has 5 nitrogen and oxygen atoms in total. The summed E-state index contributed by atoms with van der Waals surface area (Å²) in [6.07, 6.45) is 3.60. The summed E-state index contributed by atoms with van der Waals surface area (Å²) in [4.78, 5) is 4.32. The molecule has 0 saturated heterocycles. The van der Waals surface area contributed by atoms with Gasteiger partial charge in [0.1, 0.15) is 0 Å². The van der Waals surface area contributed by atoms with E-state index in [9.17, 15) is 0 Å². The fourth-order valence-electron chi connectivity index (χ4n) is 2.10. The first kappa shape index (κ1) is 11.5. The Kier molecular flexibility index (Phi) is 2.79. The van der Waals surface area contributed by atoms with Gasteiger partial charge in [-0.1, -0.05) is 12.1 Å². The molecule has 0 aliphatic carbocycles. The number of benzene rings is 1. The van der Waals surface area contributed by atoms with Crippen molar-refractivity contribution in [3.8, 4) is 0 Å². The zero-order chi connectivity index (χ0) is 13.2. The minimum atomic E-state index is 0.695. The van der Waals surface area contributed by atoms with E-state index in [0.717, 1.165) is 34.4 Å². The molecule has 19 heavy (non-hydrogen) atoms. The molecule has 0 aliphatic heterocycles. The minimum Gasteiger partial charge on any atom is -0.397 e. The van der Waals surface area contributed by atoms with Crippen LogP contribution >= 0.6 is 0 Å². The van der Waals surface area contributed by atoms with Crippen molar-refractivity contribution >= 4 is 22.3 Å². The molecule has 0 bridgehead atoms. The second kappa shape index (κ2) is 4.61. The third-order valence-electron chi connectivity index (χ3n) is 3.21. The highest BCUT2D eigenvalue weighted by Gasteiger charge is 2.05. The van der Waals surface area contributed by atoms with Gasteiger partial charge in [-0.3, -0.25) is 10.1 Å². The highest BCUT2D eigenvalue weighted by atomic mass is 15.1. The number of nitrogens with two attached hydrogens (primary N) is 1. The van der Waals surface area contributed by atoms with Crippen molar-refractivity contribution in [2.24, 2.45) is 0 Å². The molecule has 3 aromatic rings. The van der Waals surface area contributed by atoms with Crippen LogP contribution in [0.3, 0.4) is 0 Å². The number of nitrogen functional groups attached to an aromatic ring is 1. The number of aromatic amines is 1. The SMILES string of the molecule is Cc1[nH]ncc1CNc1ccnc2c(N)cccc12. The van der Waals surface area contributed by atoms with Crippen molar-refractivity contribution in [3.63, 3.8) is 0 Å². The monoisotopic (exact) mass is 253 g/mol. The third kappa shape index (κ3) is 2.10. The van der Waals surface area contributed by atoms with Gasteiger partial charge in [-0.15, -0.1) is 0 Å². The van der Waals surface area contributed by atoms with Crippen molar-refractivity contribution in [2.45, 2.75) is 13.5 Å². The van der Waals surface area contributed by atoms with E-state index in [4.69, 9.17) is 5.73 Å². The van der Waals surface area contributed by atoms with Gasteiger partial charge in [0.15, 0.2) is 0 Å². The number of aryl methyl sites for hydroxylation is 1. The van der Waals surface area contributed by atoms with Crippen LogP contribution in [-0.4, -0.2) is 15.2 Å². The maximum atomic E-state index is 5.93. The van der Waals surface area contributed by atoms with Crippen LogP contribution < -0.4 is 11.1 Å². The second-order valence-electron chi connectivity index (χ2n) is 4.48. The summed E-state index contributed by atoms with van der Waals surface area (Å²) in [5.74, 6) is 0. The summed E-state index contributed by atoms with van der Waals surface area (Å²) < 4.78 is 0. The number of pyridine rings is 1. The number of rotatable bonds is 3. The van der Waals surface area contributed by atoms with Crippen molar-refractivity contribution in [3.05, 3.63) is 47.9 Å². The average molecular weight is 253 g/mol. The number of aromatic nitrogens is 3. The normalized spacial score (nSPS) is 10.8. The predicted octanol–water partition coefficient (Wildman–Crippen LogP) is 2.46. The van der Waals surface area contributed by atoms with Crippen LogP contribution in [0.1, 0.15) is 11.3 Å². The molecule has 0 atom stereocenters. The molecule has 0 radical (unpaired) electrons. The lowest BCUT2D eigenvalue weighted by Gasteiger charge is -2.09. The topological polar surface area (TPSA) is 79.6 Å². The predicted molar refractivity (Wildman–Crippen MR) is 76.8 cm³/mol. The van der Waals surface area contributed by atoms with Crippen molar-refractivity contribution < 1.29 is 0 Å². The summed E-state index contributed by atoms with van der Waals surface area (Å²) in [5.41, 5.74) is 10.7. The lowest BCUT2D eigenvalue weighted by molar-refractivity contribution is 1.04. The first-order valence-corrected chi connectivity index (χ1v) is 6.11. The minimum absolute atomic E-state index is 0.695. The van der Waals surface area contributed by atoms with Gasteiger partial charge in [0.2, 0.25) is 0 Å². The number of hydrogen-bond donors (Lipinski definition) is 3. The maximum Gasteiger partial charge on any atom is 0.0951 e. The average Bonchev–Trinajstić information content (AvgIpc) is 2.82. The molecule has 2 aromatic heterocycles. The third-order valence-corrected chi connectivity index (χ3v) is 3.21. The van der Waals surface area contributed by atoms with Gasteiger partial charge in [-0.2, -0.15) is 5.10 Å². The molecule has 0 aliphatic rings. The quantitative estimate of drug-likeness (QED) is 0.626. The number of H-pyrrole nitrogens is 1. The second-order valence-corrected chi connectivity index (χ2v) is 4.48. The molecule has 96 valence electrons. The number of hydrogen-bond acceptors (Lipinski definition) is 4. The van der Waals surface area contributed by atoms with Crippen LogP contribution in [0, 0.1) is 6.92 Å². The fourth-order valence-corrected chi connectivity index (χ4v) is 2.10. The number of para-hydroxylation sites is 1. The maximum absolute atomic E-state index is 5.93. The van der Waals surface area contributed by atoms with Gasteiger partial charge in [0, 0.05) is 35.1 Å². The van der Waals surface area contributed by atoms with E-state index in [1.807, 2.05) is 37.4 Å². The van der Waals surface area contributed by atoms with Gasteiger partial charge in [-0.05, 0) is 19.1 Å². The summed E-state index contributed by atoms with van der Waals surface area (Å²) >= 11 is 0. The van der Waals surface area contributed by atoms with Crippen molar-refractivity contribution in [1.82, 2.24) is 15.2 Å². The van der Waals surface area contributed by atoms with Crippen LogP contribution in [0.15, 0.2) is 36.7 Å². The Morgan fingerprint density at radius 2 is 2.21 bits per heavy atom. The van der Waals surface area contributed by atoms with Crippen LogP contribution in [0.2, 0.25) is 0 Å². The Morgan fingerprint density at radius 3 is 3.00 bits per heavy atom. The zero-order valence-corrected chi connectivity index (χ0v) is 10.6. The van der Waals surface area contributed by atoms with Gasteiger partial charge in [-0.25, -0.2) is 0 Å². The van der Waals surface area contributed by atoms with E-state index >= 15 is 0 Å². The molecule has 2 heterocycles. The number of fused-ring (bicyclic) bond motifs is 1. The van der Waals surface area contributed by atoms with E-state index in [-0.39, 0.29) is 0 Å². The van der Waals surface area contributed by atoms with E-state index in [1.165, 1.54) is 0 Å². The lowest BCUT2D eigenvalue weighted by Crippen LogP contribution is -2.01. The smallest absolute Gasteiger partial charge is 0.0951 e.